The highest BCUT2D eigenvalue weighted by Gasteiger charge is 2.17. The Bertz CT molecular complexity index is 851. The molecule has 0 atom stereocenters. The fourth-order valence-electron chi connectivity index (χ4n) is 1.93. The van der Waals surface area contributed by atoms with Crippen LogP contribution in [0.1, 0.15) is 15.9 Å². The predicted octanol–water partition coefficient (Wildman–Crippen LogP) is 2.53. The van der Waals surface area contributed by atoms with Gasteiger partial charge in [-0.1, -0.05) is 23.7 Å². The highest BCUT2D eigenvalue weighted by Crippen LogP contribution is 2.22. The number of ether oxygens (including phenoxy) is 2. The van der Waals surface area contributed by atoms with Gasteiger partial charge in [0.15, 0.2) is 0 Å². The maximum atomic E-state index is 11.9. The highest BCUT2D eigenvalue weighted by molar-refractivity contribution is 7.89. The van der Waals surface area contributed by atoms with Gasteiger partial charge in [0.1, 0.15) is 23.9 Å². The van der Waals surface area contributed by atoms with E-state index in [9.17, 15) is 13.2 Å². The number of benzene rings is 2. The number of rotatable bonds is 6. The van der Waals surface area contributed by atoms with E-state index in [1.807, 2.05) is 25.1 Å². The van der Waals surface area contributed by atoms with Crippen molar-refractivity contribution in [3.63, 3.8) is 0 Å². The predicted molar refractivity (Wildman–Crippen MR) is 89.8 cm³/mol. The maximum absolute atomic E-state index is 11.9. The molecule has 2 aromatic rings. The number of halogens is 1. The lowest BCUT2D eigenvalue weighted by atomic mass is 10.2. The third-order valence-electron chi connectivity index (χ3n) is 3.05. The summed E-state index contributed by atoms with van der Waals surface area (Å²) >= 11 is 5.76. The summed E-state index contributed by atoms with van der Waals surface area (Å²) in [6.45, 7) is 2.13. The van der Waals surface area contributed by atoms with Crippen molar-refractivity contribution in [3.05, 3.63) is 58.6 Å². The molecule has 0 amide bonds. The zero-order chi connectivity index (χ0) is 17.7. The summed E-state index contributed by atoms with van der Waals surface area (Å²) in [5, 5.41) is 4.98. The van der Waals surface area contributed by atoms with Gasteiger partial charge in [0, 0.05) is 0 Å². The Hall–Kier alpha value is -2.09. The van der Waals surface area contributed by atoms with Gasteiger partial charge in [-0.25, -0.2) is 18.4 Å². The molecule has 0 aliphatic carbocycles. The fourth-order valence-corrected chi connectivity index (χ4v) is 3.00. The summed E-state index contributed by atoms with van der Waals surface area (Å²) in [7, 11) is -4.02. The van der Waals surface area contributed by atoms with Crippen molar-refractivity contribution in [2.75, 3.05) is 13.2 Å². The number of primary sulfonamides is 1. The van der Waals surface area contributed by atoms with Gasteiger partial charge in [0.2, 0.25) is 10.0 Å². The zero-order valence-electron chi connectivity index (χ0n) is 12.9. The third kappa shape index (κ3) is 4.95. The van der Waals surface area contributed by atoms with E-state index in [-0.39, 0.29) is 28.7 Å². The van der Waals surface area contributed by atoms with Gasteiger partial charge in [0.05, 0.1) is 10.6 Å². The van der Waals surface area contributed by atoms with Crippen LogP contribution in [0.25, 0.3) is 0 Å². The summed E-state index contributed by atoms with van der Waals surface area (Å²) in [5.74, 6) is -0.0153. The van der Waals surface area contributed by atoms with Crippen LogP contribution in [0.5, 0.6) is 5.75 Å². The molecule has 0 aliphatic heterocycles. The number of carbonyl (C=O) groups excluding carboxylic acids is 1. The Labute approximate surface area is 145 Å². The van der Waals surface area contributed by atoms with Crippen LogP contribution in [0.4, 0.5) is 0 Å². The summed E-state index contributed by atoms with van der Waals surface area (Å²) in [5.41, 5.74) is 1.10. The maximum Gasteiger partial charge on any atom is 0.338 e. The lowest BCUT2D eigenvalue weighted by Crippen LogP contribution is -2.15. The van der Waals surface area contributed by atoms with Crippen LogP contribution in [-0.2, 0) is 14.8 Å². The Morgan fingerprint density at radius 1 is 1.17 bits per heavy atom. The van der Waals surface area contributed by atoms with Crippen LogP contribution in [0.15, 0.2) is 47.4 Å². The summed E-state index contributed by atoms with van der Waals surface area (Å²) in [6.07, 6.45) is 0. The lowest BCUT2D eigenvalue weighted by molar-refractivity contribution is 0.0450. The molecule has 8 heteroatoms. The SMILES string of the molecule is Cc1cccc(OCCOC(=O)c2ccc(Cl)c(S(N)(=O)=O)c2)c1. The molecule has 6 nitrogen and oxygen atoms in total. The van der Waals surface area contributed by atoms with E-state index < -0.39 is 16.0 Å². The fraction of sp³-hybridized carbons (Fsp3) is 0.188. The Morgan fingerprint density at radius 3 is 2.58 bits per heavy atom. The number of sulfonamides is 1. The Kier molecular flexibility index (Phi) is 5.82. The monoisotopic (exact) mass is 369 g/mol. The van der Waals surface area contributed by atoms with Crippen molar-refractivity contribution in [2.24, 2.45) is 5.14 Å². The number of hydrogen-bond donors (Lipinski definition) is 1. The van der Waals surface area contributed by atoms with Gasteiger partial charge in [-0.2, -0.15) is 0 Å². The van der Waals surface area contributed by atoms with E-state index in [4.69, 9.17) is 26.2 Å². The summed E-state index contributed by atoms with van der Waals surface area (Å²) in [4.78, 5) is 11.6. The Morgan fingerprint density at radius 2 is 1.92 bits per heavy atom. The number of hydrogen-bond acceptors (Lipinski definition) is 5. The second-order valence-corrected chi connectivity index (χ2v) is 6.93. The van der Waals surface area contributed by atoms with Gasteiger partial charge < -0.3 is 9.47 Å². The minimum absolute atomic E-state index is 0.0140. The number of esters is 1. The van der Waals surface area contributed by atoms with Crippen molar-refractivity contribution in [1.29, 1.82) is 0 Å². The van der Waals surface area contributed by atoms with Crippen LogP contribution < -0.4 is 9.88 Å². The largest absolute Gasteiger partial charge is 0.490 e. The molecule has 0 saturated heterocycles. The summed E-state index contributed by atoms with van der Waals surface area (Å²) in [6, 6.07) is 11.2. The van der Waals surface area contributed by atoms with Crippen molar-refractivity contribution in [1.82, 2.24) is 0 Å². The minimum Gasteiger partial charge on any atom is -0.490 e. The van der Waals surface area contributed by atoms with Gasteiger partial charge in [0.25, 0.3) is 0 Å². The standard InChI is InChI=1S/C16H16ClNO5S/c1-11-3-2-4-13(9-11)22-7-8-23-16(19)12-5-6-14(17)15(10-12)24(18,20)21/h2-6,9-10H,7-8H2,1H3,(H2,18,20,21). The first-order valence-corrected chi connectivity index (χ1v) is 8.89. The molecule has 128 valence electrons. The number of carbonyl (C=O) groups is 1. The van der Waals surface area contributed by atoms with Gasteiger partial charge >= 0.3 is 5.97 Å². The van der Waals surface area contributed by atoms with E-state index in [0.29, 0.717) is 5.75 Å². The van der Waals surface area contributed by atoms with E-state index in [0.717, 1.165) is 11.6 Å². The Balaban J connectivity index is 1.93. The molecule has 0 bridgehead atoms. The quantitative estimate of drug-likeness (QED) is 0.623. The van der Waals surface area contributed by atoms with Crippen molar-refractivity contribution < 1.29 is 22.7 Å². The van der Waals surface area contributed by atoms with Crippen molar-refractivity contribution >= 4 is 27.6 Å². The van der Waals surface area contributed by atoms with Crippen LogP contribution >= 0.6 is 11.6 Å². The van der Waals surface area contributed by atoms with Crippen LogP contribution in [0, 0.1) is 6.92 Å². The molecule has 0 radical (unpaired) electrons. The van der Waals surface area contributed by atoms with E-state index >= 15 is 0 Å². The summed E-state index contributed by atoms with van der Waals surface area (Å²) < 4.78 is 33.3. The molecule has 2 aromatic carbocycles. The topological polar surface area (TPSA) is 95.7 Å². The average molecular weight is 370 g/mol. The zero-order valence-corrected chi connectivity index (χ0v) is 14.4. The first kappa shape index (κ1) is 18.3. The molecular weight excluding hydrogens is 354 g/mol. The smallest absolute Gasteiger partial charge is 0.338 e. The van der Waals surface area contributed by atoms with Crippen LogP contribution in [0.2, 0.25) is 5.02 Å². The molecule has 2 rings (SSSR count). The van der Waals surface area contributed by atoms with E-state index in [1.54, 1.807) is 6.07 Å². The van der Waals surface area contributed by atoms with Crippen LogP contribution in [-0.4, -0.2) is 27.6 Å². The van der Waals surface area contributed by atoms with Crippen molar-refractivity contribution in [2.45, 2.75) is 11.8 Å². The van der Waals surface area contributed by atoms with Gasteiger partial charge in [-0.3, -0.25) is 0 Å². The normalized spacial score (nSPS) is 11.1. The first-order valence-electron chi connectivity index (χ1n) is 6.96. The van der Waals surface area contributed by atoms with Gasteiger partial charge in [-0.05, 0) is 42.8 Å². The lowest BCUT2D eigenvalue weighted by Gasteiger charge is -2.09. The highest BCUT2D eigenvalue weighted by atomic mass is 35.5. The molecular formula is C16H16ClNO5S. The van der Waals surface area contributed by atoms with E-state index in [2.05, 4.69) is 0 Å². The van der Waals surface area contributed by atoms with Gasteiger partial charge in [-0.15, -0.1) is 0 Å². The van der Waals surface area contributed by atoms with E-state index in [1.165, 1.54) is 12.1 Å². The first-order chi connectivity index (χ1) is 11.3. The molecule has 0 saturated carbocycles. The molecule has 0 aliphatic rings. The molecule has 0 fully saturated rings. The minimum atomic E-state index is -4.02. The average Bonchev–Trinajstić information content (AvgIpc) is 2.50. The number of aryl methyl sites for hydroxylation is 1. The molecule has 0 spiro atoms. The molecule has 2 N–H and O–H groups in total. The molecule has 0 aromatic heterocycles. The van der Waals surface area contributed by atoms with Crippen molar-refractivity contribution in [3.8, 4) is 5.75 Å². The molecule has 0 heterocycles. The van der Waals surface area contributed by atoms with Crippen LogP contribution in [0.3, 0.4) is 0 Å². The third-order valence-corrected chi connectivity index (χ3v) is 4.44. The second-order valence-electron chi connectivity index (χ2n) is 4.99. The molecule has 0 unspecified atom stereocenters. The number of nitrogens with two attached hydrogens (primary N) is 1. The second kappa shape index (κ2) is 7.65. The molecule has 24 heavy (non-hydrogen) atoms.